The zero-order chi connectivity index (χ0) is 27.8. The molecule has 4 aromatic rings. The van der Waals surface area contributed by atoms with Crippen molar-refractivity contribution in [3.8, 4) is 17.0 Å². The van der Waals surface area contributed by atoms with Crippen molar-refractivity contribution in [1.29, 1.82) is 0 Å². The zero-order valence-corrected chi connectivity index (χ0v) is 23.8. The second-order valence-electron chi connectivity index (χ2n) is 12.2. The Labute approximate surface area is 241 Å². The third kappa shape index (κ3) is 5.35. The van der Waals surface area contributed by atoms with Gasteiger partial charge in [0.15, 0.2) is 0 Å². The summed E-state index contributed by atoms with van der Waals surface area (Å²) < 4.78 is 6.45. The van der Waals surface area contributed by atoms with Crippen LogP contribution in [0.3, 0.4) is 0 Å². The molecule has 0 spiro atoms. The highest BCUT2D eigenvalue weighted by Gasteiger charge is 2.37. The number of benzene rings is 2. The quantitative estimate of drug-likeness (QED) is 0.269. The van der Waals surface area contributed by atoms with Crippen LogP contribution >= 0.6 is 0 Å². The minimum absolute atomic E-state index is 0.0757. The number of hydrogen-bond acceptors (Lipinski definition) is 5. The van der Waals surface area contributed by atoms with Gasteiger partial charge >= 0.3 is 0 Å². The number of nitrogens with one attached hydrogen (secondary N) is 2. The first kappa shape index (κ1) is 26.2. The second kappa shape index (κ2) is 11.3. The van der Waals surface area contributed by atoms with Gasteiger partial charge in [0.2, 0.25) is 0 Å². The highest BCUT2D eigenvalue weighted by Crippen LogP contribution is 2.37. The van der Waals surface area contributed by atoms with Crippen LogP contribution in [-0.4, -0.2) is 51.2 Å². The van der Waals surface area contributed by atoms with E-state index >= 15 is 0 Å². The Hall–Kier alpha value is -3.71. The van der Waals surface area contributed by atoms with Crippen molar-refractivity contribution in [3.63, 3.8) is 0 Å². The van der Waals surface area contributed by atoms with Gasteiger partial charge in [0.1, 0.15) is 11.9 Å². The molecule has 1 amide bonds. The van der Waals surface area contributed by atoms with E-state index in [1.165, 1.54) is 32.1 Å². The number of fused-ring (bicyclic) bond motifs is 3. The number of nitrogens with zero attached hydrogens (tertiary/aromatic N) is 3. The Morgan fingerprint density at radius 2 is 1.76 bits per heavy atom. The van der Waals surface area contributed by atoms with Gasteiger partial charge in [-0.1, -0.05) is 25.3 Å². The number of pyridine rings is 1. The van der Waals surface area contributed by atoms with Crippen LogP contribution in [0.1, 0.15) is 79.9 Å². The Morgan fingerprint density at radius 3 is 2.49 bits per heavy atom. The van der Waals surface area contributed by atoms with Crippen LogP contribution in [0, 0.1) is 5.92 Å². The van der Waals surface area contributed by atoms with Crippen LogP contribution < -0.4 is 10.1 Å². The van der Waals surface area contributed by atoms with E-state index in [1.807, 2.05) is 42.6 Å². The van der Waals surface area contributed by atoms with E-state index in [2.05, 4.69) is 56.7 Å². The number of rotatable bonds is 7. The van der Waals surface area contributed by atoms with Crippen LogP contribution in [0.2, 0.25) is 0 Å². The summed E-state index contributed by atoms with van der Waals surface area (Å²) in [6.45, 7) is 0. The summed E-state index contributed by atoms with van der Waals surface area (Å²) in [7, 11) is 2.28. The third-order valence-electron chi connectivity index (χ3n) is 9.72. The number of H-pyrrole nitrogens is 1. The number of amides is 1. The number of carbonyl (C=O) groups excluding carboxylic acids is 1. The largest absolute Gasteiger partial charge is 0.490 e. The van der Waals surface area contributed by atoms with Gasteiger partial charge in [0.05, 0.1) is 22.9 Å². The van der Waals surface area contributed by atoms with Gasteiger partial charge in [-0.2, -0.15) is 5.10 Å². The molecule has 2 aromatic carbocycles. The van der Waals surface area contributed by atoms with Crippen molar-refractivity contribution in [1.82, 2.24) is 25.4 Å². The van der Waals surface area contributed by atoms with E-state index < -0.39 is 0 Å². The SMILES string of the molecule is CN1[C@@H]2CCC[C@H]1C[C@H](Oc1ccc(-c3n[nH]c4ccc(C(=O)NC(c5ccccn5)C5CCCC5)cc34)cc1)C2. The molecule has 7 rings (SSSR count). The topological polar surface area (TPSA) is 83.1 Å². The summed E-state index contributed by atoms with van der Waals surface area (Å²) in [5.41, 5.74) is 4.31. The van der Waals surface area contributed by atoms with Crippen LogP contribution in [0.5, 0.6) is 5.75 Å². The number of carbonyl (C=O) groups is 1. The van der Waals surface area contributed by atoms with Gasteiger partial charge < -0.3 is 15.0 Å². The van der Waals surface area contributed by atoms with E-state index in [0.29, 0.717) is 23.6 Å². The first-order valence-corrected chi connectivity index (χ1v) is 15.3. The molecule has 2 aromatic heterocycles. The lowest BCUT2D eigenvalue weighted by Gasteiger charge is -2.46. The number of hydrogen-bond donors (Lipinski definition) is 2. The molecule has 0 radical (unpaired) electrons. The van der Waals surface area contributed by atoms with E-state index in [4.69, 9.17) is 4.74 Å². The zero-order valence-electron chi connectivity index (χ0n) is 23.8. The van der Waals surface area contributed by atoms with Crippen molar-refractivity contribution in [2.24, 2.45) is 5.92 Å². The number of aromatic amines is 1. The molecule has 4 atom stereocenters. The standard InChI is InChI=1S/C34H39N5O2/c1-39-25-9-6-10-26(39)21-28(20-25)41-27-15-12-23(13-16-27)32-29-19-24(14-17-30(29)37-38-32)34(40)36-33(22-7-2-3-8-22)31-11-4-5-18-35-31/h4-5,11-19,22,25-26,28,33H,2-3,6-10,20-21H2,1H3,(H,36,40)(H,37,38)/t25-,26+,28-,33?. The average molecular weight is 550 g/mol. The highest BCUT2D eigenvalue weighted by molar-refractivity contribution is 6.01. The Balaban J connectivity index is 1.08. The summed E-state index contributed by atoms with van der Waals surface area (Å²) in [6, 6.07) is 21.2. The first-order chi connectivity index (χ1) is 20.1. The molecule has 2 N–H and O–H groups in total. The molecular weight excluding hydrogens is 510 g/mol. The Bertz CT molecular complexity index is 1480. The lowest BCUT2D eigenvalue weighted by molar-refractivity contribution is 0.000143. The van der Waals surface area contributed by atoms with Gasteiger partial charge in [-0.25, -0.2) is 0 Å². The van der Waals surface area contributed by atoms with Crippen LogP contribution in [0.4, 0.5) is 0 Å². The lowest BCUT2D eigenvalue weighted by atomic mass is 9.83. The molecule has 7 nitrogen and oxygen atoms in total. The van der Waals surface area contributed by atoms with Gasteiger partial charge in [-0.05, 0) is 106 Å². The Kier molecular flexibility index (Phi) is 7.21. The molecule has 41 heavy (non-hydrogen) atoms. The smallest absolute Gasteiger partial charge is 0.251 e. The van der Waals surface area contributed by atoms with Crippen molar-refractivity contribution in [2.45, 2.75) is 82.0 Å². The first-order valence-electron chi connectivity index (χ1n) is 15.3. The molecule has 3 aliphatic rings. The van der Waals surface area contributed by atoms with Crippen molar-refractivity contribution in [3.05, 3.63) is 78.1 Å². The summed E-state index contributed by atoms with van der Waals surface area (Å²) in [4.78, 5) is 20.7. The lowest BCUT2D eigenvalue weighted by Crippen LogP contribution is -2.52. The number of aromatic nitrogens is 3. The van der Waals surface area contributed by atoms with E-state index in [-0.39, 0.29) is 18.1 Å². The van der Waals surface area contributed by atoms with Crippen molar-refractivity contribution >= 4 is 16.8 Å². The maximum atomic E-state index is 13.5. The fraction of sp³-hybridized carbons (Fsp3) is 0.441. The van der Waals surface area contributed by atoms with E-state index in [0.717, 1.165) is 59.3 Å². The summed E-state index contributed by atoms with van der Waals surface area (Å²) >= 11 is 0. The maximum absolute atomic E-state index is 13.5. The maximum Gasteiger partial charge on any atom is 0.251 e. The molecule has 4 heterocycles. The second-order valence-corrected chi connectivity index (χ2v) is 12.2. The molecule has 2 bridgehead atoms. The van der Waals surface area contributed by atoms with Crippen LogP contribution in [0.25, 0.3) is 22.2 Å². The normalized spacial score (nSPS) is 23.9. The van der Waals surface area contributed by atoms with Gasteiger partial charge in [-0.15, -0.1) is 0 Å². The van der Waals surface area contributed by atoms with Crippen molar-refractivity contribution < 1.29 is 9.53 Å². The monoisotopic (exact) mass is 549 g/mol. The van der Waals surface area contributed by atoms with Gasteiger partial charge in [0.25, 0.3) is 5.91 Å². The van der Waals surface area contributed by atoms with Gasteiger partial charge in [0, 0.05) is 34.8 Å². The van der Waals surface area contributed by atoms with Crippen LogP contribution in [-0.2, 0) is 0 Å². The third-order valence-corrected chi connectivity index (χ3v) is 9.72. The molecule has 2 aliphatic heterocycles. The Morgan fingerprint density at radius 1 is 0.976 bits per heavy atom. The van der Waals surface area contributed by atoms with Gasteiger partial charge in [-0.3, -0.25) is 14.9 Å². The predicted molar refractivity (Wildman–Crippen MR) is 161 cm³/mol. The minimum Gasteiger partial charge on any atom is -0.490 e. The average Bonchev–Trinajstić information content (AvgIpc) is 3.68. The summed E-state index contributed by atoms with van der Waals surface area (Å²) in [5, 5.41) is 12.0. The molecule has 212 valence electrons. The molecule has 3 fully saturated rings. The minimum atomic E-state index is -0.0811. The molecule has 2 saturated heterocycles. The molecule has 1 unspecified atom stereocenters. The summed E-state index contributed by atoms with van der Waals surface area (Å²) in [6.07, 6.45) is 12.8. The fourth-order valence-electron chi connectivity index (χ4n) is 7.43. The van der Waals surface area contributed by atoms with E-state index in [1.54, 1.807) is 0 Å². The molecule has 7 heteroatoms. The highest BCUT2D eigenvalue weighted by atomic mass is 16.5. The molecule has 1 aliphatic carbocycles. The van der Waals surface area contributed by atoms with Crippen molar-refractivity contribution in [2.75, 3.05) is 7.05 Å². The predicted octanol–water partition coefficient (Wildman–Crippen LogP) is 6.68. The number of ether oxygens (including phenoxy) is 1. The number of piperidine rings is 2. The summed E-state index contributed by atoms with van der Waals surface area (Å²) in [5.74, 6) is 1.25. The molecule has 1 saturated carbocycles. The fourth-order valence-corrected chi connectivity index (χ4v) is 7.43. The molecular formula is C34H39N5O2. The van der Waals surface area contributed by atoms with E-state index in [9.17, 15) is 4.79 Å². The van der Waals surface area contributed by atoms with Crippen LogP contribution in [0.15, 0.2) is 66.9 Å².